The monoisotopic (exact) mass is 229 g/mol. The van der Waals surface area contributed by atoms with Gasteiger partial charge in [0, 0.05) is 19.1 Å². The van der Waals surface area contributed by atoms with E-state index >= 15 is 0 Å². The quantitative estimate of drug-likeness (QED) is 0.633. The van der Waals surface area contributed by atoms with Gasteiger partial charge in [-0.25, -0.2) is 4.79 Å². The number of aliphatic hydroxyl groups excluding tert-OH is 1. The van der Waals surface area contributed by atoms with E-state index in [9.17, 15) is 9.90 Å². The van der Waals surface area contributed by atoms with Gasteiger partial charge in [-0.2, -0.15) is 0 Å². The summed E-state index contributed by atoms with van der Waals surface area (Å²) in [5.74, 6) is 0. The predicted octanol–water partition coefficient (Wildman–Crippen LogP) is 0.280. The Morgan fingerprint density at radius 2 is 2.19 bits per heavy atom. The summed E-state index contributed by atoms with van der Waals surface area (Å²) < 4.78 is 0. The first-order chi connectivity index (χ1) is 7.63. The summed E-state index contributed by atoms with van der Waals surface area (Å²) in [6.45, 7) is 4.30. The third-order valence-corrected chi connectivity index (χ3v) is 3.19. The minimum Gasteiger partial charge on any atom is -0.393 e. The lowest BCUT2D eigenvalue weighted by atomic mass is 10.0. The number of urea groups is 1. The molecule has 1 unspecified atom stereocenters. The molecule has 0 bridgehead atoms. The topological polar surface area (TPSA) is 78.6 Å². The number of hydrogen-bond acceptors (Lipinski definition) is 3. The molecular weight excluding hydrogens is 206 g/mol. The van der Waals surface area contributed by atoms with Crippen molar-refractivity contribution in [3.8, 4) is 0 Å². The van der Waals surface area contributed by atoms with E-state index in [0.717, 1.165) is 45.3 Å². The van der Waals surface area contributed by atoms with Gasteiger partial charge < -0.3 is 21.1 Å². The number of carbonyl (C=O) groups is 1. The SMILES string of the molecule is CCC(O)CCNC1CCN(C(N)=O)CC1. The van der Waals surface area contributed by atoms with Crippen LogP contribution in [0, 0.1) is 0 Å². The summed E-state index contributed by atoms with van der Waals surface area (Å²) in [6, 6.07) is 0.138. The van der Waals surface area contributed by atoms with Crippen LogP contribution in [0.15, 0.2) is 0 Å². The van der Waals surface area contributed by atoms with Crippen molar-refractivity contribution in [3.63, 3.8) is 0 Å². The summed E-state index contributed by atoms with van der Waals surface area (Å²) in [7, 11) is 0. The molecule has 0 aromatic carbocycles. The highest BCUT2D eigenvalue weighted by atomic mass is 16.3. The molecule has 0 radical (unpaired) electrons. The Morgan fingerprint density at radius 1 is 1.56 bits per heavy atom. The van der Waals surface area contributed by atoms with Crippen LogP contribution >= 0.6 is 0 Å². The zero-order chi connectivity index (χ0) is 12.0. The van der Waals surface area contributed by atoms with Crippen LogP contribution in [0.25, 0.3) is 0 Å². The number of likely N-dealkylation sites (tertiary alicyclic amines) is 1. The van der Waals surface area contributed by atoms with Crippen molar-refractivity contribution in [2.24, 2.45) is 5.73 Å². The fourth-order valence-electron chi connectivity index (χ4n) is 1.96. The molecule has 1 atom stereocenters. The molecule has 5 nitrogen and oxygen atoms in total. The van der Waals surface area contributed by atoms with Gasteiger partial charge in [-0.05, 0) is 32.2 Å². The lowest BCUT2D eigenvalue weighted by Gasteiger charge is -2.31. The molecule has 1 aliphatic rings. The van der Waals surface area contributed by atoms with Crippen LogP contribution < -0.4 is 11.1 Å². The molecule has 1 aliphatic heterocycles. The molecule has 0 aliphatic carbocycles. The van der Waals surface area contributed by atoms with Crippen LogP contribution in [-0.4, -0.2) is 47.8 Å². The van der Waals surface area contributed by atoms with Crippen molar-refractivity contribution in [3.05, 3.63) is 0 Å². The van der Waals surface area contributed by atoms with Crippen LogP contribution in [0.3, 0.4) is 0 Å². The average Bonchev–Trinajstić information content (AvgIpc) is 2.29. The summed E-state index contributed by atoms with van der Waals surface area (Å²) in [5, 5.41) is 12.8. The minimum absolute atomic E-state index is 0.196. The normalized spacial score (nSPS) is 19.8. The number of hydrogen-bond donors (Lipinski definition) is 3. The number of rotatable bonds is 5. The Morgan fingerprint density at radius 3 is 2.69 bits per heavy atom. The zero-order valence-electron chi connectivity index (χ0n) is 9.98. The number of amides is 2. The first kappa shape index (κ1) is 13.3. The fourth-order valence-corrected chi connectivity index (χ4v) is 1.96. The van der Waals surface area contributed by atoms with E-state index in [2.05, 4.69) is 5.32 Å². The van der Waals surface area contributed by atoms with Crippen molar-refractivity contribution in [1.29, 1.82) is 0 Å². The molecular formula is C11H23N3O2. The molecule has 0 saturated carbocycles. The van der Waals surface area contributed by atoms with Crippen LogP contribution in [-0.2, 0) is 0 Å². The van der Waals surface area contributed by atoms with Gasteiger partial charge in [-0.1, -0.05) is 6.92 Å². The number of piperidine rings is 1. The van der Waals surface area contributed by atoms with Gasteiger partial charge in [0.1, 0.15) is 0 Å². The van der Waals surface area contributed by atoms with Gasteiger partial charge in [0.05, 0.1) is 6.10 Å². The van der Waals surface area contributed by atoms with E-state index in [1.165, 1.54) is 0 Å². The smallest absolute Gasteiger partial charge is 0.314 e. The standard InChI is InChI=1S/C11H23N3O2/c1-2-10(15)3-6-13-9-4-7-14(8-5-9)11(12)16/h9-10,13,15H,2-8H2,1H3,(H2,12,16). The Hall–Kier alpha value is -0.810. The van der Waals surface area contributed by atoms with Crippen molar-refractivity contribution in [2.45, 2.75) is 44.8 Å². The number of nitrogens with one attached hydrogen (secondary N) is 1. The van der Waals surface area contributed by atoms with Gasteiger partial charge in [0.25, 0.3) is 0 Å². The second-order valence-electron chi connectivity index (χ2n) is 4.40. The summed E-state index contributed by atoms with van der Waals surface area (Å²) in [5.41, 5.74) is 5.20. The molecule has 0 aromatic heterocycles. The maximum Gasteiger partial charge on any atom is 0.314 e. The highest BCUT2D eigenvalue weighted by molar-refractivity contribution is 5.72. The van der Waals surface area contributed by atoms with Gasteiger partial charge in [0.2, 0.25) is 0 Å². The van der Waals surface area contributed by atoms with E-state index < -0.39 is 0 Å². The van der Waals surface area contributed by atoms with Crippen LogP contribution in [0.4, 0.5) is 4.79 Å². The van der Waals surface area contributed by atoms with Crippen LogP contribution in [0.1, 0.15) is 32.6 Å². The van der Waals surface area contributed by atoms with Crippen molar-refractivity contribution in [1.82, 2.24) is 10.2 Å². The Labute approximate surface area is 97.0 Å². The second kappa shape index (κ2) is 6.70. The molecule has 2 amide bonds. The molecule has 1 saturated heterocycles. The van der Waals surface area contributed by atoms with Crippen molar-refractivity contribution in [2.75, 3.05) is 19.6 Å². The maximum atomic E-state index is 10.9. The van der Waals surface area contributed by atoms with Gasteiger partial charge >= 0.3 is 6.03 Å². The molecule has 1 fully saturated rings. The van der Waals surface area contributed by atoms with Gasteiger partial charge in [0.15, 0.2) is 0 Å². The summed E-state index contributed by atoms with van der Waals surface area (Å²) >= 11 is 0. The largest absolute Gasteiger partial charge is 0.393 e. The van der Waals surface area contributed by atoms with E-state index in [-0.39, 0.29) is 12.1 Å². The molecule has 16 heavy (non-hydrogen) atoms. The minimum atomic E-state index is -0.320. The molecule has 94 valence electrons. The highest BCUT2D eigenvalue weighted by Crippen LogP contribution is 2.10. The average molecular weight is 229 g/mol. The molecule has 1 rings (SSSR count). The molecule has 5 heteroatoms. The van der Waals surface area contributed by atoms with Gasteiger partial charge in [-0.3, -0.25) is 0 Å². The molecule has 0 spiro atoms. The Kier molecular flexibility index (Phi) is 5.55. The second-order valence-corrected chi connectivity index (χ2v) is 4.40. The number of primary amides is 1. The summed E-state index contributed by atoms with van der Waals surface area (Å²) in [6.07, 6.45) is 3.31. The first-order valence-electron chi connectivity index (χ1n) is 6.09. The predicted molar refractivity (Wildman–Crippen MR) is 63.1 cm³/mol. The number of aliphatic hydroxyl groups is 1. The van der Waals surface area contributed by atoms with E-state index in [1.807, 2.05) is 6.92 Å². The Bertz CT molecular complexity index is 215. The number of nitrogens with zero attached hydrogens (tertiary/aromatic N) is 1. The van der Waals surface area contributed by atoms with E-state index in [0.29, 0.717) is 6.04 Å². The lowest BCUT2D eigenvalue weighted by molar-refractivity contribution is 0.154. The van der Waals surface area contributed by atoms with Crippen LogP contribution in [0.2, 0.25) is 0 Å². The highest BCUT2D eigenvalue weighted by Gasteiger charge is 2.20. The molecule has 1 heterocycles. The zero-order valence-corrected chi connectivity index (χ0v) is 9.98. The number of nitrogens with two attached hydrogens (primary N) is 1. The van der Waals surface area contributed by atoms with Crippen molar-refractivity contribution >= 4 is 6.03 Å². The summed E-state index contributed by atoms with van der Waals surface area (Å²) in [4.78, 5) is 12.6. The van der Waals surface area contributed by atoms with Crippen LogP contribution in [0.5, 0.6) is 0 Å². The Balaban J connectivity index is 2.10. The molecule has 0 aromatic rings. The third kappa shape index (κ3) is 4.37. The lowest BCUT2D eigenvalue weighted by Crippen LogP contribution is -2.47. The van der Waals surface area contributed by atoms with E-state index in [4.69, 9.17) is 5.73 Å². The first-order valence-corrected chi connectivity index (χ1v) is 6.09. The third-order valence-electron chi connectivity index (χ3n) is 3.19. The van der Waals surface area contributed by atoms with Crippen molar-refractivity contribution < 1.29 is 9.90 Å². The van der Waals surface area contributed by atoms with Gasteiger partial charge in [-0.15, -0.1) is 0 Å². The number of carbonyl (C=O) groups excluding carboxylic acids is 1. The van der Waals surface area contributed by atoms with E-state index in [1.54, 1.807) is 4.90 Å². The fraction of sp³-hybridized carbons (Fsp3) is 0.909. The maximum absolute atomic E-state index is 10.9. The molecule has 4 N–H and O–H groups in total.